The van der Waals surface area contributed by atoms with Crippen molar-refractivity contribution in [1.29, 1.82) is 0 Å². The maximum Gasteiger partial charge on any atom is 0.231 e. The highest BCUT2D eigenvalue weighted by Crippen LogP contribution is 2.52. The second-order valence-electron chi connectivity index (χ2n) is 9.67. The number of H-pyrrole nitrogens is 1. The summed E-state index contributed by atoms with van der Waals surface area (Å²) in [5, 5.41) is 4.19. The number of amides is 2. The molecule has 0 aliphatic carbocycles. The minimum atomic E-state index is -0.706. The number of carbonyl (C=O) groups is 2. The van der Waals surface area contributed by atoms with E-state index >= 15 is 0 Å². The van der Waals surface area contributed by atoms with Crippen molar-refractivity contribution < 1.29 is 23.8 Å². The number of nitrogens with one attached hydrogen (secondary N) is 2. The molecule has 0 radical (unpaired) electrons. The molecule has 2 bridgehead atoms. The van der Waals surface area contributed by atoms with Gasteiger partial charge >= 0.3 is 0 Å². The number of hydrogen-bond donors (Lipinski definition) is 2. The summed E-state index contributed by atoms with van der Waals surface area (Å²) in [6.45, 7) is 1.63. The van der Waals surface area contributed by atoms with E-state index in [0.29, 0.717) is 31.1 Å². The number of ether oxygens (including phenoxy) is 3. The van der Waals surface area contributed by atoms with Gasteiger partial charge in [0.05, 0.1) is 24.5 Å². The van der Waals surface area contributed by atoms with Gasteiger partial charge in [0.15, 0.2) is 11.5 Å². The molecule has 178 valence electrons. The quantitative estimate of drug-likeness (QED) is 0.539. The number of nitrogens with zero attached hydrogens (tertiary/aromatic N) is 1. The van der Waals surface area contributed by atoms with Gasteiger partial charge in [-0.1, -0.05) is 36.4 Å². The summed E-state index contributed by atoms with van der Waals surface area (Å²) in [6.07, 6.45) is 6.33. The second-order valence-corrected chi connectivity index (χ2v) is 9.67. The second kappa shape index (κ2) is 7.61. The van der Waals surface area contributed by atoms with Crippen LogP contribution < -0.4 is 14.8 Å². The third kappa shape index (κ3) is 3.16. The Balaban J connectivity index is 1.05. The van der Waals surface area contributed by atoms with Gasteiger partial charge in [0.25, 0.3) is 0 Å². The van der Waals surface area contributed by atoms with E-state index in [9.17, 15) is 9.59 Å². The van der Waals surface area contributed by atoms with Gasteiger partial charge in [-0.25, -0.2) is 0 Å². The number of carbonyl (C=O) groups excluding carboxylic acids is 2. The van der Waals surface area contributed by atoms with Crippen LogP contribution in [0.1, 0.15) is 11.1 Å². The van der Waals surface area contributed by atoms with Gasteiger partial charge in [0.1, 0.15) is 5.60 Å². The Hall–Kier alpha value is -3.78. The van der Waals surface area contributed by atoms with Crippen LogP contribution in [0.2, 0.25) is 0 Å². The van der Waals surface area contributed by atoms with Gasteiger partial charge in [-0.15, -0.1) is 0 Å². The minimum Gasteiger partial charge on any atom is -0.454 e. The lowest BCUT2D eigenvalue weighted by molar-refractivity contribution is -0.137. The van der Waals surface area contributed by atoms with Crippen LogP contribution in [-0.2, 0) is 27.3 Å². The molecule has 2 N–H and O–H groups in total. The van der Waals surface area contributed by atoms with Crippen LogP contribution in [0.3, 0.4) is 0 Å². The molecule has 7 rings (SSSR count). The Labute approximate surface area is 201 Å². The van der Waals surface area contributed by atoms with Gasteiger partial charge in [-0.3, -0.25) is 9.59 Å². The first-order valence-electron chi connectivity index (χ1n) is 12.0. The third-order valence-electron chi connectivity index (χ3n) is 7.71. The summed E-state index contributed by atoms with van der Waals surface area (Å²) < 4.78 is 17.0. The molecule has 35 heavy (non-hydrogen) atoms. The van der Waals surface area contributed by atoms with E-state index in [0.717, 1.165) is 17.5 Å². The molecule has 2 fully saturated rings. The largest absolute Gasteiger partial charge is 0.454 e. The van der Waals surface area contributed by atoms with Crippen molar-refractivity contribution in [2.45, 2.75) is 24.7 Å². The minimum absolute atomic E-state index is 0.0000733. The van der Waals surface area contributed by atoms with Gasteiger partial charge in [-0.05, 0) is 35.7 Å². The van der Waals surface area contributed by atoms with Crippen LogP contribution in [-0.4, -0.2) is 53.3 Å². The summed E-state index contributed by atoms with van der Waals surface area (Å²) in [4.78, 5) is 31.9. The molecule has 0 saturated carbocycles. The van der Waals surface area contributed by atoms with Crippen molar-refractivity contribution in [3.8, 4) is 11.5 Å². The van der Waals surface area contributed by atoms with Crippen LogP contribution in [0.4, 0.5) is 0 Å². The molecule has 8 heteroatoms. The lowest BCUT2D eigenvalue weighted by Gasteiger charge is -2.23. The topological polar surface area (TPSA) is 92.9 Å². The highest BCUT2D eigenvalue weighted by molar-refractivity contribution is 5.93. The average Bonchev–Trinajstić information content (AvgIpc) is 3.68. The molecule has 0 unspecified atom stereocenters. The molecule has 4 aliphatic heterocycles. The van der Waals surface area contributed by atoms with Gasteiger partial charge < -0.3 is 29.4 Å². The Bertz CT molecular complexity index is 1380. The first-order chi connectivity index (χ1) is 17.1. The molecule has 4 atom stereocenters. The number of hydrogen-bond acceptors (Lipinski definition) is 5. The first-order valence-corrected chi connectivity index (χ1v) is 12.0. The smallest absolute Gasteiger partial charge is 0.231 e. The predicted molar refractivity (Wildman–Crippen MR) is 127 cm³/mol. The molecule has 8 nitrogen and oxygen atoms in total. The number of aromatic amines is 1. The molecule has 1 spiro atoms. The molecule has 3 aromatic rings. The molecule has 4 aliphatic rings. The van der Waals surface area contributed by atoms with E-state index in [1.165, 1.54) is 10.9 Å². The Kier molecular flexibility index (Phi) is 4.48. The van der Waals surface area contributed by atoms with Crippen molar-refractivity contribution in [2.24, 2.45) is 11.8 Å². The standard InChI is InChI=1S/C27H25N3O5/c31-25(29-12-16-5-6-20-22(11-16)34-15-33-20)23-21-7-9-27(35-21)14-30(26(32)24(23)27)10-8-17-13-28-19-4-2-1-3-18(17)19/h1-7,9,11,13,21,23-24,28H,8,10,12,14-15H2,(H,29,31)/t21-,23+,24+,27+/m1/s1. The lowest BCUT2D eigenvalue weighted by Crippen LogP contribution is -2.44. The molecule has 5 heterocycles. The van der Waals surface area contributed by atoms with Crippen LogP contribution in [0.25, 0.3) is 10.9 Å². The fourth-order valence-electron chi connectivity index (χ4n) is 6.02. The molecule has 2 aromatic carbocycles. The Morgan fingerprint density at radius 3 is 3.00 bits per heavy atom. The number of aromatic nitrogens is 1. The van der Waals surface area contributed by atoms with E-state index in [1.807, 2.05) is 59.6 Å². The molecular weight excluding hydrogens is 446 g/mol. The van der Waals surface area contributed by atoms with Crippen molar-refractivity contribution in [1.82, 2.24) is 15.2 Å². The lowest BCUT2D eigenvalue weighted by atomic mass is 9.77. The van der Waals surface area contributed by atoms with E-state index in [1.54, 1.807) is 0 Å². The number of fused-ring (bicyclic) bond motifs is 3. The number of rotatable bonds is 6. The van der Waals surface area contributed by atoms with Crippen molar-refractivity contribution in [3.63, 3.8) is 0 Å². The van der Waals surface area contributed by atoms with Gasteiger partial charge in [-0.2, -0.15) is 0 Å². The van der Waals surface area contributed by atoms with Crippen LogP contribution in [0.15, 0.2) is 60.8 Å². The monoisotopic (exact) mass is 471 g/mol. The number of benzene rings is 2. The maximum atomic E-state index is 13.5. The van der Waals surface area contributed by atoms with Gasteiger partial charge in [0.2, 0.25) is 18.6 Å². The highest BCUT2D eigenvalue weighted by Gasteiger charge is 2.66. The van der Waals surface area contributed by atoms with Crippen molar-refractivity contribution in [3.05, 3.63) is 71.9 Å². The fraction of sp³-hybridized carbons (Fsp3) is 0.333. The average molecular weight is 472 g/mol. The van der Waals surface area contributed by atoms with E-state index in [-0.39, 0.29) is 24.7 Å². The zero-order valence-corrected chi connectivity index (χ0v) is 19.0. The number of para-hydroxylation sites is 1. The molecule has 2 amide bonds. The van der Waals surface area contributed by atoms with E-state index in [2.05, 4.69) is 16.4 Å². The van der Waals surface area contributed by atoms with Crippen LogP contribution >= 0.6 is 0 Å². The summed E-state index contributed by atoms with van der Waals surface area (Å²) in [5.41, 5.74) is 2.48. The molecule has 2 saturated heterocycles. The molecule has 1 aromatic heterocycles. The third-order valence-corrected chi connectivity index (χ3v) is 7.71. The van der Waals surface area contributed by atoms with Crippen molar-refractivity contribution >= 4 is 22.7 Å². The normalized spacial score (nSPS) is 27.7. The number of likely N-dealkylation sites (tertiary alicyclic amines) is 1. The summed E-state index contributed by atoms with van der Waals surface area (Å²) >= 11 is 0. The molecular formula is C27H25N3O5. The maximum absolute atomic E-state index is 13.5. The zero-order valence-electron chi connectivity index (χ0n) is 19.0. The van der Waals surface area contributed by atoms with Crippen LogP contribution in [0.5, 0.6) is 11.5 Å². The Morgan fingerprint density at radius 1 is 1.17 bits per heavy atom. The first kappa shape index (κ1) is 20.6. The zero-order chi connectivity index (χ0) is 23.6. The van der Waals surface area contributed by atoms with Gasteiger partial charge in [0, 0.05) is 30.2 Å². The highest BCUT2D eigenvalue weighted by atomic mass is 16.7. The summed E-state index contributed by atoms with van der Waals surface area (Å²) in [7, 11) is 0. The SMILES string of the molecule is O=C(NCc1ccc2c(c1)OCO2)[C@@H]1[C@H]2C(=O)N(CCc3c[nH]c4ccccc34)C[C@@]23C=C[C@H]1O3. The van der Waals surface area contributed by atoms with E-state index in [4.69, 9.17) is 14.2 Å². The Morgan fingerprint density at radius 2 is 2.06 bits per heavy atom. The summed E-state index contributed by atoms with van der Waals surface area (Å²) in [6, 6.07) is 13.8. The van der Waals surface area contributed by atoms with E-state index < -0.39 is 17.4 Å². The van der Waals surface area contributed by atoms with Crippen molar-refractivity contribution in [2.75, 3.05) is 19.9 Å². The fourth-order valence-corrected chi connectivity index (χ4v) is 6.02. The predicted octanol–water partition coefficient (Wildman–Crippen LogP) is 2.54. The van der Waals surface area contributed by atoms with Crippen LogP contribution in [0, 0.1) is 11.8 Å². The summed E-state index contributed by atoms with van der Waals surface area (Å²) in [5.74, 6) is 0.212.